The van der Waals surface area contributed by atoms with Crippen molar-refractivity contribution in [1.82, 2.24) is 5.32 Å². The maximum Gasteiger partial charge on any atom is 0.323 e. The second kappa shape index (κ2) is 7.59. The summed E-state index contributed by atoms with van der Waals surface area (Å²) in [5.74, 6) is -0.985. The van der Waals surface area contributed by atoms with Crippen LogP contribution in [0.5, 0.6) is 0 Å². The molecule has 0 aromatic carbocycles. The summed E-state index contributed by atoms with van der Waals surface area (Å²) in [6.07, 6.45) is 0. The number of esters is 1. The van der Waals surface area contributed by atoms with Crippen molar-refractivity contribution in [2.75, 3.05) is 27.3 Å². The lowest BCUT2D eigenvalue weighted by Gasteiger charge is -2.10. The molecule has 0 aliphatic rings. The van der Waals surface area contributed by atoms with E-state index in [4.69, 9.17) is 11.2 Å². The first-order chi connectivity index (χ1) is 6.26. The Bertz CT molecular complexity index is 193. The van der Waals surface area contributed by atoms with Gasteiger partial charge in [-0.2, -0.15) is 0 Å². The number of nitrogens with zero attached hydrogens (tertiary/aromatic N) is 1. The van der Waals surface area contributed by atoms with Crippen LogP contribution in [0.3, 0.4) is 0 Å². The number of hydrogen-bond donors (Lipinski definition) is 1. The fourth-order valence-corrected chi connectivity index (χ4v) is 0.631. The molecule has 5 nitrogen and oxygen atoms in total. The fraction of sp³-hybridized carbons (Fsp3) is 0.714. The topological polar surface area (TPSA) is 51.9 Å². The molecule has 1 N–H and O–H groups in total. The van der Waals surface area contributed by atoms with Gasteiger partial charge in [-0.05, 0) is 7.05 Å². The summed E-state index contributed by atoms with van der Waals surface area (Å²) in [7, 11) is 4.26. The lowest BCUT2D eigenvalue weighted by atomic mass is 9.88. The minimum absolute atomic E-state index is 0.286. The number of hydrogen-bond acceptors (Lipinski definition) is 4. The molecule has 0 aromatic heterocycles. The number of methoxy groups -OCH3 is 1. The first-order valence-corrected chi connectivity index (χ1v) is 3.79. The van der Waals surface area contributed by atoms with Crippen molar-refractivity contribution in [2.45, 2.75) is 5.94 Å². The number of likely N-dealkylation sites (N-methyl/N-ethyl adjacent to an activating group) is 1. The molecule has 1 radical (unpaired) electrons. The number of ether oxygens (including phenoxy) is 1. The van der Waals surface area contributed by atoms with Crippen LogP contribution in [0.2, 0.25) is 0 Å². The first kappa shape index (κ1) is 11.9. The third-order valence-corrected chi connectivity index (χ3v) is 1.32. The number of carbonyl (C=O) groups is 1. The van der Waals surface area contributed by atoms with E-state index in [1.54, 1.807) is 7.05 Å². The molecule has 0 aliphatic heterocycles. The van der Waals surface area contributed by atoms with E-state index in [1.807, 2.05) is 0 Å². The highest BCUT2D eigenvalue weighted by molar-refractivity contribution is 6.37. The second-order valence-corrected chi connectivity index (χ2v) is 2.18. The van der Waals surface area contributed by atoms with Crippen LogP contribution < -0.4 is 5.32 Å². The molecule has 0 heterocycles. The quantitative estimate of drug-likeness (QED) is 0.255. The van der Waals surface area contributed by atoms with Gasteiger partial charge in [-0.3, -0.25) is 4.79 Å². The van der Waals surface area contributed by atoms with Crippen LogP contribution >= 0.6 is 0 Å². The summed E-state index contributed by atoms with van der Waals surface area (Å²) in [6, 6.07) is 0. The van der Waals surface area contributed by atoms with Crippen molar-refractivity contribution >= 4 is 13.5 Å². The molecule has 0 saturated heterocycles. The number of nitrogens with one attached hydrogen (secondary N) is 1. The van der Waals surface area contributed by atoms with E-state index in [2.05, 4.69) is 14.9 Å². The van der Waals surface area contributed by atoms with Gasteiger partial charge in [-0.15, -0.1) is 0 Å². The van der Waals surface area contributed by atoms with Gasteiger partial charge in [0, 0.05) is 0 Å². The highest BCUT2D eigenvalue weighted by Gasteiger charge is 2.19. The van der Waals surface area contributed by atoms with Crippen molar-refractivity contribution in [3.8, 4) is 0 Å². The molecule has 1 atom stereocenters. The third-order valence-electron chi connectivity index (χ3n) is 1.32. The Balaban J connectivity index is 3.61. The van der Waals surface area contributed by atoms with Crippen LogP contribution in [0.4, 0.5) is 0 Å². The average molecular weight is 183 g/mol. The van der Waals surface area contributed by atoms with Crippen molar-refractivity contribution in [1.29, 1.82) is 0 Å². The molecule has 0 fully saturated rings. The number of carbonyl (C=O) groups excluding carboxylic acids is 1. The maximum absolute atomic E-state index is 11.0. The Morgan fingerprint density at radius 2 is 2.46 bits per heavy atom. The zero-order chi connectivity index (χ0) is 10.1. The van der Waals surface area contributed by atoms with E-state index in [-0.39, 0.29) is 6.54 Å². The van der Waals surface area contributed by atoms with E-state index in [9.17, 15) is 4.79 Å². The molecule has 0 bridgehead atoms. The van der Waals surface area contributed by atoms with Gasteiger partial charge in [0.2, 0.25) is 6.54 Å². The monoisotopic (exact) mass is 183 g/mol. The minimum Gasteiger partial charge on any atom is -0.468 e. The zero-order valence-corrected chi connectivity index (χ0v) is 7.74. The second-order valence-electron chi connectivity index (χ2n) is 2.18. The van der Waals surface area contributed by atoms with Crippen molar-refractivity contribution in [3.05, 3.63) is 11.4 Å². The molecule has 0 rings (SSSR count). The van der Waals surface area contributed by atoms with Gasteiger partial charge in [0.15, 0.2) is 0 Å². The summed E-state index contributed by atoms with van der Waals surface area (Å²) in [4.78, 5) is 14.0. The Hall–Kier alpha value is -1.06. The van der Waals surface area contributed by atoms with Crippen LogP contribution in [0.25, 0.3) is 4.85 Å². The summed E-state index contributed by atoms with van der Waals surface area (Å²) < 4.78 is 9.44. The van der Waals surface area contributed by atoms with Gasteiger partial charge in [0.25, 0.3) is 0 Å². The van der Waals surface area contributed by atoms with Gasteiger partial charge in [-0.1, -0.05) is 0 Å². The van der Waals surface area contributed by atoms with Gasteiger partial charge >= 0.3 is 13.5 Å². The minimum atomic E-state index is -0.573. The lowest BCUT2D eigenvalue weighted by molar-refractivity contribution is -0.141. The molecule has 1 unspecified atom stereocenters. The maximum atomic E-state index is 11.0. The SMILES string of the molecule is [C-]#[N+]CCO[B]C(NC)C(=O)OC. The summed E-state index contributed by atoms with van der Waals surface area (Å²) in [5, 5.41) is 2.70. The van der Waals surface area contributed by atoms with Crippen LogP contribution in [0.15, 0.2) is 0 Å². The van der Waals surface area contributed by atoms with Crippen LogP contribution in [0.1, 0.15) is 0 Å². The predicted octanol–water partition coefficient (Wildman–Crippen LogP) is -0.740. The van der Waals surface area contributed by atoms with Gasteiger partial charge in [0.05, 0.1) is 7.11 Å². The Kier molecular flexibility index (Phi) is 6.97. The molecule has 6 heteroatoms. The van der Waals surface area contributed by atoms with E-state index in [0.29, 0.717) is 6.61 Å². The van der Waals surface area contributed by atoms with Crippen molar-refractivity contribution in [3.63, 3.8) is 0 Å². The predicted molar refractivity (Wildman–Crippen MR) is 48.0 cm³/mol. The molecule has 71 valence electrons. The summed E-state index contributed by atoms with van der Waals surface area (Å²) >= 11 is 0. The largest absolute Gasteiger partial charge is 0.468 e. The Labute approximate surface area is 78.5 Å². The van der Waals surface area contributed by atoms with E-state index >= 15 is 0 Å². The third kappa shape index (κ3) is 5.23. The van der Waals surface area contributed by atoms with E-state index in [1.165, 1.54) is 14.6 Å². The Morgan fingerprint density at radius 3 is 2.92 bits per heavy atom. The van der Waals surface area contributed by atoms with Crippen molar-refractivity contribution < 1.29 is 14.2 Å². The van der Waals surface area contributed by atoms with Crippen LogP contribution in [-0.2, 0) is 14.2 Å². The van der Waals surface area contributed by atoms with Crippen LogP contribution in [0, 0.1) is 6.57 Å². The van der Waals surface area contributed by atoms with E-state index < -0.39 is 11.9 Å². The standard InChI is InChI=1S/C7H12BN2O3/c1-9-4-5-13-8-6(10-2)7(11)12-3/h6,10H,4-5H2,2-3H3. The zero-order valence-electron chi connectivity index (χ0n) is 7.74. The molecule has 0 spiro atoms. The molecule has 0 saturated carbocycles. The van der Waals surface area contributed by atoms with Crippen LogP contribution in [-0.4, -0.2) is 46.7 Å². The van der Waals surface area contributed by atoms with Gasteiger partial charge in [0.1, 0.15) is 12.5 Å². The lowest BCUT2D eigenvalue weighted by Crippen LogP contribution is -2.41. The highest BCUT2D eigenvalue weighted by atomic mass is 16.5. The summed E-state index contributed by atoms with van der Waals surface area (Å²) in [6.45, 7) is 7.05. The molecular formula is C7H12BN2O3. The van der Waals surface area contributed by atoms with Gasteiger partial charge in [-0.25, -0.2) is 6.57 Å². The Morgan fingerprint density at radius 1 is 1.77 bits per heavy atom. The first-order valence-electron chi connectivity index (χ1n) is 3.79. The molecule has 0 aromatic rings. The summed E-state index contributed by atoms with van der Waals surface area (Å²) in [5.41, 5.74) is 0. The fourth-order valence-electron chi connectivity index (χ4n) is 0.631. The number of rotatable bonds is 6. The molecule has 0 aliphatic carbocycles. The molecular weight excluding hydrogens is 171 g/mol. The van der Waals surface area contributed by atoms with Crippen molar-refractivity contribution in [2.24, 2.45) is 0 Å². The smallest absolute Gasteiger partial charge is 0.323 e. The normalized spacial score (nSPS) is 11.5. The average Bonchev–Trinajstić information content (AvgIpc) is 2.17. The van der Waals surface area contributed by atoms with E-state index in [0.717, 1.165) is 0 Å². The molecule has 0 amide bonds. The highest BCUT2D eigenvalue weighted by Crippen LogP contribution is 1.86. The molecule has 13 heavy (non-hydrogen) atoms. The van der Waals surface area contributed by atoms with Gasteiger partial charge < -0.3 is 19.6 Å².